The number of nitrogens with zero attached hydrogens (tertiary/aromatic N) is 1. The maximum absolute atomic E-state index is 14.4. The maximum atomic E-state index is 14.4. The van der Waals surface area contributed by atoms with Crippen molar-refractivity contribution in [1.82, 2.24) is 5.32 Å². The van der Waals surface area contributed by atoms with Gasteiger partial charge >= 0.3 is 11.9 Å². The van der Waals surface area contributed by atoms with E-state index in [2.05, 4.69) is 12.2 Å². The van der Waals surface area contributed by atoms with E-state index in [-0.39, 0.29) is 24.9 Å². The van der Waals surface area contributed by atoms with E-state index < -0.39 is 23.8 Å². The van der Waals surface area contributed by atoms with Gasteiger partial charge in [-0.15, -0.1) is 11.3 Å². The van der Waals surface area contributed by atoms with E-state index in [0.29, 0.717) is 24.0 Å². The largest absolute Gasteiger partial charge is 0.465 e. The van der Waals surface area contributed by atoms with Crippen molar-refractivity contribution in [2.45, 2.75) is 51.9 Å². The fraction of sp³-hybridized carbons (Fsp3) is 0.433. The van der Waals surface area contributed by atoms with Crippen LogP contribution in [0.2, 0.25) is 0 Å². The quantitative estimate of drug-likeness (QED) is 0.343. The standard InChI is InChI=1S/C30H36N2O5S/c1-6-10-21-27(30(35)37-8-3)24(18-12-14-19(15-13-18)32(4)5)26-22(31-21)17-20(23-11-9-16-38-23)25(28(26)33)29(34)36-7-2/h9,11-16,20,24-25,31H,6-8,10,17H2,1-5H3/t20-,24+,25+/m1/s1. The lowest BCUT2D eigenvalue weighted by molar-refractivity contribution is -0.152. The van der Waals surface area contributed by atoms with Crippen LogP contribution in [0.4, 0.5) is 5.69 Å². The van der Waals surface area contributed by atoms with E-state index in [1.807, 2.05) is 60.8 Å². The smallest absolute Gasteiger partial charge is 0.336 e. The van der Waals surface area contributed by atoms with E-state index in [1.54, 1.807) is 13.8 Å². The number of ether oxygens (including phenoxy) is 2. The third-order valence-electron chi connectivity index (χ3n) is 7.09. The molecule has 2 heterocycles. The summed E-state index contributed by atoms with van der Waals surface area (Å²) < 4.78 is 10.9. The molecule has 1 aromatic carbocycles. The maximum Gasteiger partial charge on any atom is 0.336 e. The summed E-state index contributed by atoms with van der Waals surface area (Å²) in [5.74, 6) is -3.22. The van der Waals surface area contributed by atoms with E-state index in [1.165, 1.54) is 11.3 Å². The number of esters is 2. The highest BCUT2D eigenvalue weighted by Gasteiger charge is 2.49. The molecular weight excluding hydrogens is 500 g/mol. The second-order valence-corrected chi connectivity index (χ2v) is 10.7. The van der Waals surface area contributed by atoms with Crippen LogP contribution in [0, 0.1) is 5.92 Å². The van der Waals surface area contributed by atoms with Crippen molar-refractivity contribution in [3.8, 4) is 0 Å². The Morgan fingerprint density at radius 2 is 1.76 bits per heavy atom. The number of carbonyl (C=O) groups is 3. The van der Waals surface area contributed by atoms with Gasteiger partial charge in [-0.25, -0.2) is 4.79 Å². The second kappa shape index (κ2) is 12.0. The average molecular weight is 537 g/mol. The number of anilines is 1. The summed E-state index contributed by atoms with van der Waals surface area (Å²) in [7, 11) is 3.92. The SMILES string of the molecule is CCCC1=C(C(=O)OCC)[C@@H](c2ccc(N(C)C)cc2)C2=C(C[C@H](c3cccs3)[C@H](C(=O)OCC)C2=O)N1. The fourth-order valence-electron chi connectivity index (χ4n) is 5.42. The zero-order chi connectivity index (χ0) is 27.4. The van der Waals surface area contributed by atoms with Crippen molar-refractivity contribution in [2.24, 2.45) is 5.92 Å². The van der Waals surface area contributed by atoms with Crippen LogP contribution >= 0.6 is 11.3 Å². The Morgan fingerprint density at radius 1 is 1.05 bits per heavy atom. The third-order valence-corrected chi connectivity index (χ3v) is 8.10. The van der Waals surface area contributed by atoms with Crippen LogP contribution in [0.15, 0.2) is 64.3 Å². The molecule has 0 fully saturated rings. The normalized spacial score (nSPS) is 21.1. The Morgan fingerprint density at radius 3 is 2.34 bits per heavy atom. The molecule has 1 aromatic heterocycles. The van der Waals surface area contributed by atoms with Crippen LogP contribution in [-0.2, 0) is 23.9 Å². The van der Waals surface area contributed by atoms with Gasteiger partial charge in [-0.05, 0) is 55.8 Å². The Kier molecular flexibility index (Phi) is 8.72. The highest BCUT2D eigenvalue weighted by atomic mass is 32.1. The Hall–Kier alpha value is -3.39. The van der Waals surface area contributed by atoms with Crippen LogP contribution in [0.25, 0.3) is 0 Å². The molecule has 4 rings (SSSR count). The molecule has 0 bridgehead atoms. The summed E-state index contributed by atoms with van der Waals surface area (Å²) >= 11 is 1.53. The molecule has 1 aliphatic carbocycles. The first-order valence-corrected chi connectivity index (χ1v) is 14.1. The molecule has 1 N–H and O–H groups in total. The zero-order valence-electron chi connectivity index (χ0n) is 22.7. The molecule has 0 spiro atoms. The van der Waals surface area contributed by atoms with Gasteiger partial charge in [-0.2, -0.15) is 0 Å². The van der Waals surface area contributed by atoms with Gasteiger partial charge in [0.25, 0.3) is 0 Å². The Bertz CT molecular complexity index is 1240. The van der Waals surface area contributed by atoms with Gasteiger partial charge in [0.2, 0.25) is 0 Å². The number of Topliss-reactive ketones (excluding diaryl/α,β-unsaturated/α-hetero) is 1. The molecule has 0 amide bonds. The number of rotatable bonds is 9. The van der Waals surface area contributed by atoms with Crippen LogP contribution in [0.1, 0.15) is 62.3 Å². The molecule has 0 saturated heterocycles. The van der Waals surface area contributed by atoms with Gasteiger partial charge in [0.1, 0.15) is 5.92 Å². The Labute approximate surface area is 228 Å². The average Bonchev–Trinajstić information content (AvgIpc) is 3.43. The van der Waals surface area contributed by atoms with Gasteiger partial charge in [-0.1, -0.05) is 31.5 Å². The van der Waals surface area contributed by atoms with E-state index >= 15 is 0 Å². The predicted octanol–water partition coefficient (Wildman–Crippen LogP) is 5.31. The zero-order valence-corrected chi connectivity index (χ0v) is 23.5. The molecule has 3 atom stereocenters. The van der Waals surface area contributed by atoms with E-state index in [0.717, 1.165) is 33.9 Å². The topological polar surface area (TPSA) is 84.9 Å². The minimum atomic E-state index is -0.978. The molecule has 2 aromatic rings. The summed E-state index contributed by atoms with van der Waals surface area (Å²) in [6.45, 7) is 5.98. The second-order valence-electron chi connectivity index (χ2n) is 9.72. The van der Waals surface area contributed by atoms with Crippen molar-refractivity contribution in [3.05, 3.63) is 74.8 Å². The summed E-state index contributed by atoms with van der Waals surface area (Å²) in [6.07, 6.45) is 1.92. The monoisotopic (exact) mass is 536 g/mol. The lowest BCUT2D eigenvalue weighted by Crippen LogP contribution is -2.43. The molecule has 202 valence electrons. The molecule has 7 nitrogen and oxygen atoms in total. The molecule has 2 aliphatic rings. The van der Waals surface area contributed by atoms with Gasteiger partial charge in [0, 0.05) is 53.5 Å². The van der Waals surface area contributed by atoms with Gasteiger partial charge in [-0.3, -0.25) is 9.59 Å². The molecule has 1 aliphatic heterocycles. The lowest BCUT2D eigenvalue weighted by Gasteiger charge is -2.39. The summed E-state index contributed by atoms with van der Waals surface area (Å²) in [6, 6.07) is 11.8. The minimum absolute atomic E-state index is 0.188. The highest BCUT2D eigenvalue weighted by molar-refractivity contribution is 7.10. The van der Waals surface area contributed by atoms with Crippen molar-refractivity contribution < 1.29 is 23.9 Å². The Balaban J connectivity index is 1.92. The van der Waals surface area contributed by atoms with Crippen LogP contribution in [0.5, 0.6) is 0 Å². The van der Waals surface area contributed by atoms with Crippen molar-refractivity contribution in [2.75, 3.05) is 32.2 Å². The van der Waals surface area contributed by atoms with Crippen LogP contribution in [0.3, 0.4) is 0 Å². The summed E-state index contributed by atoms with van der Waals surface area (Å²) in [5.41, 5.74) is 4.26. The third kappa shape index (κ3) is 5.27. The number of allylic oxidation sites excluding steroid dienone is 3. The van der Waals surface area contributed by atoms with Gasteiger partial charge in [0.15, 0.2) is 5.78 Å². The number of hydrogen-bond donors (Lipinski definition) is 1. The molecule has 0 unspecified atom stereocenters. The first-order chi connectivity index (χ1) is 18.3. The minimum Gasteiger partial charge on any atom is -0.465 e. The number of ketones is 1. The lowest BCUT2D eigenvalue weighted by atomic mass is 9.68. The number of dihydropyridines is 1. The highest BCUT2D eigenvalue weighted by Crippen LogP contribution is 2.49. The van der Waals surface area contributed by atoms with Crippen LogP contribution < -0.4 is 10.2 Å². The first-order valence-electron chi connectivity index (χ1n) is 13.2. The summed E-state index contributed by atoms with van der Waals surface area (Å²) in [5, 5.41) is 5.43. The van der Waals surface area contributed by atoms with Gasteiger partial charge in [0.05, 0.1) is 18.8 Å². The number of nitrogens with one attached hydrogen (secondary N) is 1. The molecule has 8 heteroatoms. The molecule has 38 heavy (non-hydrogen) atoms. The van der Waals surface area contributed by atoms with Crippen molar-refractivity contribution in [3.63, 3.8) is 0 Å². The number of benzene rings is 1. The van der Waals surface area contributed by atoms with Crippen LogP contribution in [-0.4, -0.2) is 45.0 Å². The number of thiophene rings is 1. The van der Waals surface area contributed by atoms with E-state index in [4.69, 9.17) is 9.47 Å². The number of hydrogen-bond acceptors (Lipinski definition) is 8. The summed E-state index contributed by atoms with van der Waals surface area (Å²) in [4.78, 5) is 44.0. The molecule has 0 saturated carbocycles. The van der Waals surface area contributed by atoms with E-state index in [9.17, 15) is 14.4 Å². The fourth-order valence-corrected chi connectivity index (χ4v) is 6.28. The number of carbonyl (C=O) groups excluding carboxylic acids is 3. The van der Waals surface area contributed by atoms with Crippen molar-refractivity contribution >= 4 is 34.7 Å². The predicted molar refractivity (Wildman–Crippen MR) is 149 cm³/mol. The molecular formula is C30H36N2O5S. The van der Waals surface area contributed by atoms with Gasteiger partial charge < -0.3 is 19.7 Å². The van der Waals surface area contributed by atoms with Crippen molar-refractivity contribution in [1.29, 1.82) is 0 Å². The first kappa shape index (κ1) is 27.6. The molecule has 0 radical (unpaired) electrons.